The van der Waals surface area contributed by atoms with Crippen LogP contribution in [0, 0.1) is 0 Å². The van der Waals surface area contributed by atoms with Crippen LogP contribution < -0.4 is 10.1 Å². The Kier molecular flexibility index (Phi) is 7.32. The maximum atomic E-state index is 12.6. The van der Waals surface area contributed by atoms with Gasteiger partial charge in [-0.2, -0.15) is 0 Å². The highest BCUT2D eigenvalue weighted by Crippen LogP contribution is 2.24. The lowest BCUT2D eigenvalue weighted by atomic mass is 9.97. The number of nitrogens with zero attached hydrogens (tertiary/aromatic N) is 1. The Morgan fingerprint density at radius 1 is 0.970 bits per heavy atom. The highest BCUT2D eigenvalue weighted by molar-refractivity contribution is 6.21. The van der Waals surface area contributed by atoms with Crippen molar-refractivity contribution in [2.75, 3.05) is 20.3 Å². The van der Waals surface area contributed by atoms with Crippen molar-refractivity contribution >= 4 is 23.9 Å². The molecule has 2 aromatic rings. The van der Waals surface area contributed by atoms with Gasteiger partial charge in [0.15, 0.2) is 0 Å². The summed E-state index contributed by atoms with van der Waals surface area (Å²) in [7, 11) is 1.55. The van der Waals surface area contributed by atoms with Crippen LogP contribution >= 0.6 is 0 Å². The Morgan fingerprint density at radius 3 is 2.12 bits per heavy atom. The second kappa shape index (κ2) is 10.2. The van der Waals surface area contributed by atoms with Crippen LogP contribution in [0.2, 0.25) is 0 Å². The third kappa shape index (κ3) is 5.31. The van der Waals surface area contributed by atoms with E-state index in [0.29, 0.717) is 16.9 Å². The number of hydrogen-bond donors (Lipinski definition) is 1. The van der Waals surface area contributed by atoms with E-state index in [-0.39, 0.29) is 26.2 Å². The number of methoxy groups -OCH3 is 1. The summed E-state index contributed by atoms with van der Waals surface area (Å²) in [4.78, 5) is 51.4. The Balaban J connectivity index is 1.65. The van der Waals surface area contributed by atoms with Gasteiger partial charge in [0.05, 0.1) is 24.8 Å². The van der Waals surface area contributed by atoms with E-state index in [1.807, 2.05) is 0 Å². The van der Waals surface area contributed by atoms with E-state index in [1.54, 1.807) is 62.6 Å². The summed E-state index contributed by atoms with van der Waals surface area (Å²) in [6.07, 6.45) is -0.877. The zero-order valence-electron chi connectivity index (χ0n) is 18.8. The zero-order chi connectivity index (χ0) is 24.0. The molecule has 2 aromatic carbocycles. The van der Waals surface area contributed by atoms with Gasteiger partial charge in [-0.05, 0) is 50.1 Å². The minimum absolute atomic E-state index is 0.0207. The first-order valence-electron chi connectivity index (χ1n) is 10.5. The number of fused-ring (bicyclic) bond motifs is 1. The van der Waals surface area contributed by atoms with Gasteiger partial charge in [0.25, 0.3) is 11.8 Å². The molecule has 1 aliphatic heterocycles. The summed E-state index contributed by atoms with van der Waals surface area (Å²) >= 11 is 0. The first-order valence-corrected chi connectivity index (χ1v) is 10.5. The molecule has 0 spiro atoms. The van der Waals surface area contributed by atoms with E-state index < -0.39 is 29.4 Å². The molecule has 174 valence electrons. The molecule has 3 rings (SSSR count). The molecule has 1 aliphatic rings. The van der Waals surface area contributed by atoms with Gasteiger partial charge in [0, 0.05) is 6.54 Å². The van der Waals surface area contributed by atoms with E-state index in [2.05, 4.69) is 5.32 Å². The van der Waals surface area contributed by atoms with Gasteiger partial charge in [-0.25, -0.2) is 9.59 Å². The number of hydrogen-bond acceptors (Lipinski definition) is 7. The van der Waals surface area contributed by atoms with Crippen molar-refractivity contribution < 1.29 is 33.4 Å². The predicted octanol–water partition coefficient (Wildman–Crippen LogP) is 2.93. The number of amides is 3. The molecule has 0 aliphatic carbocycles. The summed E-state index contributed by atoms with van der Waals surface area (Å²) in [5.74, 6) is -0.901. The fraction of sp³-hybridized carbons (Fsp3) is 0.333. The molecular formula is C24H26N2O7. The minimum atomic E-state index is -1.51. The number of carbonyl (C=O) groups is 4. The molecule has 0 saturated carbocycles. The van der Waals surface area contributed by atoms with Gasteiger partial charge < -0.3 is 19.5 Å². The lowest BCUT2D eigenvalue weighted by molar-refractivity contribution is -0.150. The average Bonchev–Trinajstić information content (AvgIpc) is 3.06. The van der Waals surface area contributed by atoms with Crippen molar-refractivity contribution in [1.82, 2.24) is 10.2 Å². The minimum Gasteiger partial charge on any atom is -0.497 e. The Labute approximate surface area is 191 Å². The van der Waals surface area contributed by atoms with Gasteiger partial charge in [-0.3, -0.25) is 14.5 Å². The second-order valence-electron chi connectivity index (χ2n) is 7.66. The summed E-state index contributed by atoms with van der Waals surface area (Å²) in [5.41, 5.74) is -0.156. The Bertz CT molecular complexity index is 1020. The van der Waals surface area contributed by atoms with E-state index in [1.165, 1.54) is 6.92 Å². The molecule has 0 radical (unpaired) electrons. The van der Waals surface area contributed by atoms with Gasteiger partial charge in [0.1, 0.15) is 17.9 Å². The van der Waals surface area contributed by atoms with Gasteiger partial charge in [-0.15, -0.1) is 0 Å². The normalized spacial score (nSPS) is 14.3. The third-order valence-corrected chi connectivity index (χ3v) is 5.35. The van der Waals surface area contributed by atoms with Crippen LogP contribution in [0.1, 0.15) is 46.5 Å². The molecule has 1 heterocycles. The first kappa shape index (κ1) is 23.8. The number of alkyl carbamates (subject to hydrolysis) is 1. The van der Waals surface area contributed by atoms with E-state index in [0.717, 1.165) is 10.5 Å². The van der Waals surface area contributed by atoms with Crippen molar-refractivity contribution in [3.8, 4) is 5.75 Å². The standard InChI is InChI=1S/C24H26N2O7/c1-4-32-22(29)24(2,25-23(30)33-15-16-9-11-17(31-3)12-10-16)13-14-26-20(27)18-7-5-6-8-19(18)21(26)28/h5-12H,4,13-15H2,1-3H3,(H,25,30)/t24-/m0/s1. The summed E-state index contributed by atoms with van der Waals surface area (Å²) in [6, 6.07) is 13.5. The maximum absolute atomic E-state index is 12.6. The summed E-state index contributed by atoms with van der Waals surface area (Å²) in [5, 5.41) is 2.54. The molecule has 0 unspecified atom stereocenters. The molecule has 3 amide bonds. The number of benzene rings is 2. The molecule has 9 heteroatoms. The second-order valence-corrected chi connectivity index (χ2v) is 7.66. The van der Waals surface area contributed by atoms with E-state index in [4.69, 9.17) is 14.2 Å². The van der Waals surface area contributed by atoms with Crippen LogP contribution in [0.4, 0.5) is 4.79 Å². The highest BCUT2D eigenvalue weighted by atomic mass is 16.6. The van der Waals surface area contributed by atoms with Crippen molar-refractivity contribution in [3.63, 3.8) is 0 Å². The molecule has 0 aromatic heterocycles. The Morgan fingerprint density at radius 2 is 1.58 bits per heavy atom. The first-order chi connectivity index (χ1) is 15.8. The topological polar surface area (TPSA) is 111 Å². The van der Waals surface area contributed by atoms with Crippen LogP contribution in [-0.2, 0) is 20.9 Å². The van der Waals surface area contributed by atoms with Crippen LogP contribution in [0.15, 0.2) is 48.5 Å². The fourth-order valence-corrected chi connectivity index (χ4v) is 3.42. The molecule has 0 saturated heterocycles. The third-order valence-electron chi connectivity index (χ3n) is 5.35. The monoisotopic (exact) mass is 454 g/mol. The lowest BCUT2D eigenvalue weighted by Crippen LogP contribution is -2.55. The van der Waals surface area contributed by atoms with E-state index in [9.17, 15) is 19.2 Å². The number of imide groups is 1. The van der Waals surface area contributed by atoms with Crippen LogP contribution in [0.25, 0.3) is 0 Å². The smallest absolute Gasteiger partial charge is 0.408 e. The van der Waals surface area contributed by atoms with Crippen molar-refractivity contribution in [2.24, 2.45) is 0 Å². The highest BCUT2D eigenvalue weighted by Gasteiger charge is 2.41. The van der Waals surface area contributed by atoms with Gasteiger partial charge in [-0.1, -0.05) is 24.3 Å². The molecule has 33 heavy (non-hydrogen) atoms. The van der Waals surface area contributed by atoms with Crippen LogP contribution in [0.3, 0.4) is 0 Å². The summed E-state index contributed by atoms with van der Waals surface area (Å²) in [6.45, 7) is 3.11. The van der Waals surface area contributed by atoms with Gasteiger partial charge in [0.2, 0.25) is 0 Å². The fourth-order valence-electron chi connectivity index (χ4n) is 3.42. The number of carbonyl (C=O) groups excluding carboxylic acids is 4. The quantitative estimate of drug-likeness (QED) is 0.458. The summed E-state index contributed by atoms with van der Waals surface area (Å²) < 4.78 is 15.5. The maximum Gasteiger partial charge on any atom is 0.408 e. The van der Waals surface area contributed by atoms with Crippen molar-refractivity contribution in [2.45, 2.75) is 32.4 Å². The molecule has 1 N–H and O–H groups in total. The zero-order valence-corrected chi connectivity index (χ0v) is 18.8. The number of esters is 1. The Hall–Kier alpha value is -3.88. The molecule has 1 atom stereocenters. The van der Waals surface area contributed by atoms with Gasteiger partial charge >= 0.3 is 12.1 Å². The van der Waals surface area contributed by atoms with Crippen LogP contribution in [-0.4, -0.2) is 54.6 Å². The largest absolute Gasteiger partial charge is 0.497 e. The van der Waals surface area contributed by atoms with Crippen molar-refractivity contribution in [3.05, 3.63) is 65.2 Å². The van der Waals surface area contributed by atoms with Crippen molar-refractivity contribution in [1.29, 1.82) is 0 Å². The SMILES string of the molecule is CCOC(=O)[C@](C)(CCN1C(=O)c2ccccc2C1=O)NC(=O)OCc1ccc(OC)cc1. The molecule has 0 fully saturated rings. The molecule has 9 nitrogen and oxygen atoms in total. The van der Waals surface area contributed by atoms with E-state index >= 15 is 0 Å². The average molecular weight is 454 g/mol. The number of nitrogens with one attached hydrogen (secondary N) is 1. The number of ether oxygens (including phenoxy) is 3. The van der Waals surface area contributed by atoms with Crippen LogP contribution in [0.5, 0.6) is 5.75 Å². The molecule has 0 bridgehead atoms. The molecular weight excluding hydrogens is 428 g/mol. The number of rotatable bonds is 9. The lowest BCUT2D eigenvalue weighted by Gasteiger charge is -2.29. The predicted molar refractivity (Wildman–Crippen MR) is 118 cm³/mol.